The predicted octanol–water partition coefficient (Wildman–Crippen LogP) is 4.32. The fraction of sp³-hybridized carbons (Fsp3) is 0.278. The molecule has 0 unspecified atom stereocenters. The van der Waals surface area contributed by atoms with Gasteiger partial charge in [0.2, 0.25) is 0 Å². The van der Waals surface area contributed by atoms with Crippen molar-refractivity contribution in [3.8, 4) is 5.75 Å². The van der Waals surface area contributed by atoms with Crippen molar-refractivity contribution in [2.24, 2.45) is 0 Å². The molecule has 1 amide bonds. The number of hydrogen-bond acceptors (Lipinski definition) is 3. The number of thioether (sulfide) groups is 1. The van der Waals surface area contributed by atoms with Crippen LogP contribution in [0.3, 0.4) is 0 Å². The second-order valence-electron chi connectivity index (χ2n) is 5.08. The Kier molecular flexibility index (Phi) is 6.81. The molecule has 0 aliphatic heterocycles. The highest BCUT2D eigenvalue weighted by Crippen LogP contribution is 2.22. The van der Waals surface area contributed by atoms with Crippen molar-refractivity contribution < 1.29 is 9.53 Å². The molecule has 122 valence electrons. The average molecular weight is 350 g/mol. The number of halogens is 1. The standard InChI is InChI=1S/C18H20ClNO2S/c1-13-5-3-4-6-14(13)12-23-10-9-20-18(21)16-11-15(19)7-8-17(16)22-2/h3-8,11H,9-10,12H2,1-2H3,(H,20,21). The van der Waals surface area contributed by atoms with Crippen LogP contribution in [0.5, 0.6) is 5.75 Å². The van der Waals surface area contributed by atoms with Crippen LogP contribution < -0.4 is 10.1 Å². The van der Waals surface area contributed by atoms with Crippen molar-refractivity contribution in [1.29, 1.82) is 0 Å². The van der Waals surface area contributed by atoms with E-state index in [0.717, 1.165) is 11.5 Å². The van der Waals surface area contributed by atoms with Crippen LogP contribution in [-0.2, 0) is 5.75 Å². The van der Waals surface area contributed by atoms with Crippen molar-refractivity contribution >= 4 is 29.3 Å². The molecule has 0 aliphatic carbocycles. The highest BCUT2D eigenvalue weighted by molar-refractivity contribution is 7.98. The number of ether oxygens (including phenoxy) is 1. The van der Waals surface area contributed by atoms with Crippen molar-refractivity contribution in [3.05, 3.63) is 64.2 Å². The minimum absolute atomic E-state index is 0.166. The lowest BCUT2D eigenvalue weighted by Crippen LogP contribution is -2.26. The second kappa shape index (κ2) is 8.85. The minimum atomic E-state index is -0.166. The summed E-state index contributed by atoms with van der Waals surface area (Å²) in [4.78, 5) is 12.2. The average Bonchev–Trinajstić information content (AvgIpc) is 2.56. The molecule has 0 saturated carbocycles. The number of rotatable bonds is 7. The maximum absolute atomic E-state index is 12.2. The summed E-state index contributed by atoms with van der Waals surface area (Å²) >= 11 is 7.74. The minimum Gasteiger partial charge on any atom is -0.496 e. The Hall–Kier alpha value is -1.65. The quantitative estimate of drug-likeness (QED) is 0.756. The molecule has 0 atom stereocenters. The summed E-state index contributed by atoms with van der Waals surface area (Å²) in [5.41, 5.74) is 3.09. The highest BCUT2D eigenvalue weighted by atomic mass is 35.5. The van der Waals surface area contributed by atoms with Gasteiger partial charge in [-0.3, -0.25) is 4.79 Å². The largest absolute Gasteiger partial charge is 0.496 e. The second-order valence-corrected chi connectivity index (χ2v) is 6.62. The van der Waals surface area contributed by atoms with E-state index >= 15 is 0 Å². The predicted molar refractivity (Wildman–Crippen MR) is 97.7 cm³/mol. The first-order valence-corrected chi connectivity index (χ1v) is 8.89. The summed E-state index contributed by atoms with van der Waals surface area (Å²) in [6.45, 7) is 2.72. The number of amides is 1. The number of hydrogen-bond donors (Lipinski definition) is 1. The SMILES string of the molecule is COc1ccc(Cl)cc1C(=O)NCCSCc1ccccc1C. The Morgan fingerprint density at radius 3 is 2.78 bits per heavy atom. The summed E-state index contributed by atoms with van der Waals surface area (Å²) in [5.74, 6) is 2.16. The topological polar surface area (TPSA) is 38.3 Å². The maximum atomic E-state index is 12.2. The molecular formula is C18H20ClNO2S. The molecule has 0 radical (unpaired) electrons. The molecule has 0 aromatic heterocycles. The number of nitrogens with one attached hydrogen (secondary N) is 1. The first-order valence-electron chi connectivity index (χ1n) is 7.36. The molecule has 0 bridgehead atoms. The molecule has 3 nitrogen and oxygen atoms in total. The molecule has 2 rings (SSSR count). The van der Waals surface area contributed by atoms with Gasteiger partial charge in [-0.05, 0) is 36.2 Å². The van der Waals surface area contributed by atoms with Crippen molar-refractivity contribution in [2.45, 2.75) is 12.7 Å². The van der Waals surface area contributed by atoms with E-state index in [9.17, 15) is 4.79 Å². The summed E-state index contributed by atoms with van der Waals surface area (Å²) in [7, 11) is 1.54. The number of benzene rings is 2. The smallest absolute Gasteiger partial charge is 0.255 e. The van der Waals surface area contributed by atoms with Gasteiger partial charge in [-0.1, -0.05) is 35.9 Å². The molecule has 0 aliphatic rings. The fourth-order valence-electron chi connectivity index (χ4n) is 2.14. The zero-order chi connectivity index (χ0) is 16.7. The van der Waals surface area contributed by atoms with Gasteiger partial charge in [-0.2, -0.15) is 11.8 Å². The van der Waals surface area contributed by atoms with E-state index in [2.05, 4.69) is 30.4 Å². The lowest BCUT2D eigenvalue weighted by atomic mass is 10.1. The van der Waals surface area contributed by atoms with Crippen LogP contribution in [0.1, 0.15) is 21.5 Å². The third kappa shape index (κ3) is 5.19. The van der Waals surface area contributed by atoms with Gasteiger partial charge in [0, 0.05) is 23.1 Å². The molecule has 1 N–H and O–H groups in total. The zero-order valence-electron chi connectivity index (χ0n) is 13.3. The third-order valence-corrected chi connectivity index (χ3v) is 4.70. The molecular weight excluding hydrogens is 330 g/mol. The van der Waals surface area contributed by atoms with Gasteiger partial charge >= 0.3 is 0 Å². The van der Waals surface area contributed by atoms with Crippen LogP contribution in [-0.4, -0.2) is 25.3 Å². The van der Waals surface area contributed by atoms with Crippen molar-refractivity contribution in [2.75, 3.05) is 19.4 Å². The summed E-state index contributed by atoms with van der Waals surface area (Å²) in [6, 6.07) is 13.4. The Balaban J connectivity index is 1.79. The molecule has 0 spiro atoms. The van der Waals surface area contributed by atoms with E-state index in [1.165, 1.54) is 18.2 Å². The van der Waals surface area contributed by atoms with Crippen LogP contribution in [0.25, 0.3) is 0 Å². The molecule has 23 heavy (non-hydrogen) atoms. The van der Waals surface area contributed by atoms with Crippen molar-refractivity contribution in [3.63, 3.8) is 0 Å². The third-order valence-electron chi connectivity index (χ3n) is 3.46. The summed E-state index contributed by atoms with van der Waals surface area (Å²) in [5, 5.41) is 3.42. The molecule has 5 heteroatoms. The Morgan fingerprint density at radius 1 is 1.26 bits per heavy atom. The molecule has 0 fully saturated rings. The number of aryl methyl sites for hydroxylation is 1. The summed E-state index contributed by atoms with van der Waals surface area (Å²) < 4.78 is 5.20. The van der Waals surface area contributed by atoms with Gasteiger partial charge < -0.3 is 10.1 Å². The fourth-order valence-corrected chi connectivity index (χ4v) is 3.25. The zero-order valence-corrected chi connectivity index (χ0v) is 14.8. The van der Waals surface area contributed by atoms with E-state index in [0.29, 0.717) is 22.9 Å². The lowest BCUT2D eigenvalue weighted by Gasteiger charge is -2.10. The van der Waals surface area contributed by atoms with Crippen LogP contribution in [0.4, 0.5) is 0 Å². The Bertz CT molecular complexity index is 676. The van der Waals surface area contributed by atoms with E-state index < -0.39 is 0 Å². The summed E-state index contributed by atoms with van der Waals surface area (Å²) in [6.07, 6.45) is 0. The van der Waals surface area contributed by atoms with Gasteiger partial charge in [0.05, 0.1) is 12.7 Å². The normalized spacial score (nSPS) is 10.4. The van der Waals surface area contributed by atoms with E-state index in [4.69, 9.17) is 16.3 Å². The Morgan fingerprint density at radius 2 is 2.04 bits per heavy atom. The van der Waals surface area contributed by atoms with Crippen LogP contribution in [0.2, 0.25) is 5.02 Å². The highest BCUT2D eigenvalue weighted by Gasteiger charge is 2.12. The van der Waals surface area contributed by atoms with Gasteiger partial charge in [0.15, 0.2) is 0 Å². The van der Waals surface area contributed by atoms with Crippen LogP contribution in [0, 0.1) is 6.92 Å². The lowest BCUT2D eigenvalue weighted by molar-refractivity contribution is 0.0953. The van der Waals surface area contributed by atoms with Gasteiger partial charge in [0.1, 0.15) is 5.75 Å². The van der Waals surface area contributed by atoms with Gasteiger partial charge in [-0.25, -0.2) is 0 Å². The monoisotopic (exact) mass is 349 g/mol. The van der Waals surface area contributed by atoms with E-state index in [-0.39, 0.29) is 5.91 Å². The van der Waals surface area contributed by atoms with E-state index in [1.807, 2.05) is 6.07 Å². The molecule has 0 saturated heterocycles. The van der Waals surface area contributed by atoms with Gasteiger partial charge in [0.25, 0.3) is 5.91 Å². The van der Waals surface area contributed by atoms with Crippen LogP contribution in [0.15, 0.2) is 42.5 Å². The molecule has 2 aromatic carbocycles. The molecule has 2 aromatic rings. The molecule has 0 heterocycles. The van der Waals surface area contributed by atoms with Crippen LogP contribution >= 0.6 is 23.4 Å². The first kappa shape index (κ1) is 17.7. The number of carbonyl (C=O) groups is 1. The maximum Gasteiger partial charge on any atom is 0.255 e. The van der Waals surface area contributed by atoms with Gasteiger partial charge in [-0.15, -0.1) is 0 Å². The van der Waals surface area contributed by atoms with Crippen molar-refractivity contribution in [1.82, 2.24) is 5.32 Å². The number of methoxy groups -OCH3 is 1. The van der Waals surface area contributed by atoms with E-state index in [1.54, 1.807) is 30.0 Å². The Labute approximate surface area is 146 Å². The number of carbonyl (C=O) groups excluding carboxylic acids is 1. The first-order chi connectivity index (χ1) is 11.1.